The molecule has 2 amide bonds. The molecule has 0 aliphatic carbocycles. The zero-order valence-electron chi connectivity index (χ0n) is 23.5. The van der Waals surface area contributed by atoms with Gasteiger partial charge in [-0.05, 0) is 62.1 Å². The molecule has 214 valence electrons. The normalized spacial score (nSPS) is 12.2. The van der Waals surface area contributed by atoms with E-state index in [0.717, 1.165) is 16.7 Å². The lowest BCUT2D eigenvalue weighted by molar-refractivity contribution is -0.141. The number of halogens is 1. The molecule has 0 aliphatic heterocycles. The Kier molecular flexibility index (Phi) is 11.2. The van der Waals surface area contributed by atoms with Crippen molar-refractivity contribution < 1.29 is 18.0 Å². The Labute approximate surface area is 243 Å². The maximum atomic E-state index is 13.8. The van der Waals surface area contributed by atoms with E-state index in [1.54, 1.807) is 29.2 Å². The van der Waals surface area contributed by atoms with Crippen LogP contribution in [0.2, 0.25) is 5.02 Å². The first kappa shape index (κ1) is 31.2. The summed E-state index contributed by atoms with van der Waals surface area (Å²) >= 11 is 6.24. The van der Waals surface area contributed by atoms with Crippen molar-refractivity contribution in [1.82, 2.24) is 10.2 Å². The molecular weight excluding hydrogens is 546 g/mol. The lowest BCUT2D eigenvalue weighted by atomic mass is 10.0. The Morgan fingerprint density at radius 3 is 2.20 bits per heavy atom. The third-order valence-electron chi connectivity index (χ3n) is 6.48. The molecule has 3 aromatic carbocycles. The summed E-state index contributed by atoms with van der Waals surface area (Å²) in [5.74, 6) is -0.482. The minimum absolute atomic E-state index is 0.0682. The van der Waals surface area contributed by atoms with Crippen molar-refractivity contribution in [2.45, 2.75) is 58.7 Å². The summed E-state index contributed by atoms with van der Waals surface area (Å²) in [6, 6.07) is 23.2. The standard InChI is InChI=1S/C31H38ClN3O4S/c1-23(2)33-31(37)29(21-25-13-6-5-7-14-25)34(22-26-15-10-16-27(32)20-26)30(36)18-11-19-35(40(4,38)39)28-17-9-8-12-24(28)3/h5-10,12-17,20,23,29H,11,18-19,21-22H2,1-4H3,(H,33,37)/t29-/m1/s1. The van der Waals surface area contributed by atoms with Crippen LogP contribution in [-0.4, -0.2) is 50.0 Å². The van der Waals surface area contributed by atoms with Crippen LogP contribution in [0.5, 0.6) is 0 Å². The molecule has 0 spiro atoms. The molecule has 0 unspecified atom stereocenters. The summed E-state index contributed by atoms with van der Waals surface area (Å²) in [4.78, 5) is 28.9. The number of benzene rings is 3. The molecule has 40 heavy (non-hydrogen) atoms. The lowest BCUT2D eigenvalue weighted by Gasteiger charge is -2.32. The van der Waals surface area contributed by atoms with Crippen LogP contribution in [0.1, 0.15) is 43.4 Å². The Hall–Kier alpha value is -3.36. The number of rotatable bonds is 13. The molecule has 0 aromatic heterocycles. The zero-order valence-corrected chi connectivity index (χ0v) is 25.1. The van der Waals surface area contributed by atoms with Crippen LogP contribution in [0.15, 0.2) is 78.9 Å². The van der Waals surface area contributed by atoms with Crippen molar-refractivity contribution >= 4 is 39.1 Å². The third-order valence-corrected chi connectivity index (χ3v) is 7.90. The summed E-state index contributed by atoms with van der Waals surface area (Å²) in [6.45, 7) is 5.95. The van der Waals surface area contributed by atoms with Crippen LogP contribution < -0.4 is 9.62 Å². The Bertz CT molecular complexity index is 1400. The maximum absolute atomic E-state index is 13.8. The van der Waals surface area contributed by atoms with E-state index in [0.29, 0.717) is 17.1 Å². The van der Waals surface area contributed by atoms with Gasteiger partial charge in [0.1, 0.15) is 6.04 Å². The van der Waals surface area contributed by atoms with Gasteiger partial charge in [-0.25, -0.2) is 8.42 Å². The second-order valence-electron chi connectivity index (χ2n) is 10.2. The number of carbonyl (C=O) groups is 2. The van der Waals surface area contributed by atoms with E-state index >= 15 is 0 Å². The van der Waals surface area contributed by atoms with E-state index < -0.39 is 16.1 Å². The molecule has 3 aromatic rings. The molecule has 0 saturated carbocycles. The van der Waals surface area contributed by atoms with Gasteiger partial charge in [0, 0.05) is 37.0 Å². The average Bonchev–Trinajstić information content (AvgIpc) is 2.88. The first-order valence-electron chi connectivity index (χ1n) is 13.4. The maximum Gasteiger partial charge on any atom is 0.243 e. The molecule has 0 saturated heterocycles. The molecule has 3 rings (SSSR count). The van der Waals surface area contributed by atoms with Gasteiger partial charge in [-0.3, -0.25) is 13.9 Å². The molecule has 1 N–H and O–H groups in total. The van der Waals surface area contributed by atoms with Gasteiger partial charge >= 0.3 is 0 Å². The Morgan fingerprint density at radius 2 is 1.57 bits per heavy atom. The smallest absolute Gasteiger partial charge is 0.243 e. The van der Waals surface area contributed by atoms with E-state index in [1.165, 1.54) is 10.6 Å². The molecule has 7 nitrogen and oxygen atoms in total. The van der Waals surface area contributed by atoms with Gasteiger partial charge in [-0.1, -0.05) is 72.3 Å². The van der Waals surface area contributed by atoms with E-state index in [4.69, 9.17) is 11.6 Å². The van der Waals surface area contributed by atoms with Gasteiger partial charge in [0.2, 0.25) is 21.8 Å². The number of sulfonamides is 1. The van der Waals surface area contributed by atoms with E-state index in [1.807, 2.05) is 75.4 Å². The summed E-state index contributed by atoms with van der Waals surface area (Å²) in [7, 11) is -3.57. The van der Waals surface area contributed by atoms with Crippen LogP contribution in [0, 0.1) is 6.92 Å². The largest absolute Gasteiger partial charge is 0.352 e. The predicted molar refractivity (Wildman–Crippen MR) is 162 cm³/mol. The van der Waals surface area contributed by atoms with E-state index in [-0.39, 0.29) is 43.8 Å². The fraction of sp³-hybridized carbons (Fsp3) is 0.355. The average molecular weight is 584 g/mol. The number of aryl methyl sites for hydroxylation is 1. The molecule has 0 aliphatic rings. The van der Waals surface area contributed by atoms with Crippen molar-refractivity contribution in [2.24, 2.45) is 0 Å². The fourth-order valence-electron chi connectivity index (χ4n) is 4.59. The minimum atomic E-state index is -3.57. The highest BCUT2D eigenvalue weighted by Crippen LogP contribution is 2.23. The quantitative estimate of drug-likeness (QED) is 0.293. The predicted octanol–water partition coefficient (Wildman–Crippen LogP) is 5.36. The van der Waals surface area contributed by atoms with Gasteiger partial charge in [0.05, 0.1) is 11.9 Å². The molecule has 0 radical (unpaired) electrons. The van der Waals surface area contributed by atoms with Gasteiger partial charge in [0.25, 0.3) is 0 Å². The zero-order chi connectivity index (χ0) is 29.3. The van der Waals surface area contributed by atoms with Gasteiger partial charge in [-0.2, -0.15) is 0 Å². The number of anilines is 1. The molecule has 9 heteroatoms. The van der Waals surface area contributed by atoms with Crippen LogP contribution in [-0.2, 0) is 32.6 Å². The topological polar surface area (TPSA) is 86.8 Å². The highest BCUT2D eigenvalue weighted by Gasteiger charge is 2.31. The number of para-hydroxylation sites is 1. The molecular formula is C31H38ClN3O4S. The fourth-order valence-corrected chi connectivity index (χ4v) is 5.83. The van der Waals surface area contributed by atoms with Crippen molar-refractivity contribution in [2.75, 3.05) is 17.1 Å². The second kappa shape index (κ2) is 14.3. The highest BCUT2D eigenvalue weighted by atomic mass is 35.5. The van der Waals surface area contributed by atoms with Gasteiger partial charge in [-0.15, -0.1) is 0 Å². The molecule has 0 bridgehead atoms. The van der Waals surface area contributed by atoms with Gasteiger partial charge < -0.3 is 10.2 Å². The molecule has 1 atom stereocenters. The highest BCUT2D eigenvalue weighted by molar-refractivity contribution is 7.92. The van der Waals surface area contributed by atoms with Crippen molar-refractivity contribution in [3.63, 3.8) is 0 Å². The number of nitrogens with zero attached hydrogens (tertiary/aromatic N) is 2. The van der Waals surface area contributed by atoms with E-state index in [9.17, 15) is 18.0 Å². The third kappa shape index (κ3) is 9.10. The number of carbonyl (C=O) groups excluding carboxylic acids is 2. The van der Waals surface area contributed by atoms with Crippen LogP contribution in [0.3, 0.4) is 0 Å². The lowest BCUT2D eigenvalue weighted by Crippen LogP contribution is -2.51. The van der Waals surface area contributed by atoms with Crippen molar-refractivity contribution in [1.29, 1.82) is 0 Å². The van der Waals surface area contributed by atoms with Crippen LogP contribution in [0.4, 0.5) is 5.69 Å². The second-order valence-corrected chi connectivity index (χ2v) is 12.6. The SMILES string of the molecule is Cc1ccccc1N(CCCC(=O)N(Cc1cccc(Cl)c1)[C@H](Cc1ccccc1)C(=O)NC(C)C)S(C)(=O)=O. The summed E-state index contributed by atoms with van der Waals surface area (Å²) in [5.41, 5.74) is 3.15. The Morgan fingerprint density at radius 1 is 0.925 bits per heavy atom. The van der Waals surface area contributed by atoms with Crippen LogP contribution >= 0.6 is 11.6 Å². The first-order valence-corrected chi connectivity index (χ1v) is 15.6. The number of hydrogen-bond donors (Lipinski definition) is 1. The first-order chi connectivity index (χ1) is 19.0. The summed E-state index contributed by atoms with van der Waals surface area (Å²) < 4.78 is 26.6. The minimum Gasteiger partial charge on any atom is -0.352 e. The molecule has 0 fully saturated rings. The monoisotopic (exact) mass is 583 g/mol. The number of amides is 2. The van der Waals surface area contributed by atoms with Crippen molar-refractivity contribution in [3.05, 3.63) is 101 Å². The Balaban J connectivity index is 1.89. The van der Waals surface area contributed by atoms with Crippen LogP contribution in [0.25, 0.3) is 0 Å². The number of nitrogens with one attached hydrogen (secondary N) is 1. The van der Waals surface area contributed by atoms with Gasteiger partial charge in [0.15, 0.2) is 0 Å². The van der Waals surface area contributed by atoms with Crippen molar-refractivity contribution in [3.8, 4) is 0 Å². The number of hydrogen-bond acceptors (Lipinski definition) is 4. The summed E-state index contributed by atoms with van der Waals surface area (Å²) in [6.07, 6.45) is 1.86. The van der Waals surface area contributed by atoms with E-state index in [2.05, 4.69) is 5.32 Å². The molecule has 0 heterocycles. The summed E-state index contributed by atoms with van der Waals surface area (Å²) in [5, 5.41) is 3.51.